The van der Waals surface area contributed by atoms with Gasteiger partial charge in [0, 0.05) is 22.9 Å². The maximum atomic E-state index is 12.2. The van der Waals surface area contributed by atoms with E-state index in [-0.39, 0.29) is 5.56 Å². The molecule has 26 heavy (non-hydrogen) atoms. The largest absolute Gasteiger partial charge is 0.496 e. The number of nitrogens with one attached hydrogen (secondary N) is 1. The van der Waals surface area contributed by atoms with Crippen LogP contribution in [0.4, 0.5) is 0 Å². The van der Waals surface area contributed by atoms with E-state index in [0.717, 1.165) is 17.0 Å². The first kappa shape index (κ1) is 16.8. The Morgan fingerprint density at radius 3 is 3.00 bits per heavy atom. The Morgan fingerprint density at radius 1 is 1.31 bits per heavy atom. The molecule has 0 aliphatic carbocycles. The Bertz CT molecular complexity index is 1130. The number of hydrogen-bond donors (Lipinski definition) is 1. The minimum atomic E-state index is -0.0611. The molecular formula is C17H15N5O2S2. The zero-order valence-corrected chi connectivity index (χ0v) is 15.7. The van der Waals surface area contributed by atoms with Gasteiger partial charge in [-0.05, 0) is 19.1 Å². The van der Waals surface area contributed by atoms with Crippen molar-refractivity contribution in [3.63, 3.8) is 0 Å². The lowest BCUT2D eigenvalue weighted by Gasteiger charge is -2.04. The lowest BCUT2D eigenvalue weighted by molar-refractivity contribution is 0.416. The van der Waals surface area contributed by atoms with Crippen LogP contribution in [0.25, 0.3) is 16.3 Å². The summed E-state index contributed by atoms with van der Waals surface area (Å²) in [6.07, 6.45) is 0. The van der Waals surface area contributed by atoms with Crippen molar-refractivity contribution in [1.82, 2.24) is 24.6 Å². The normalized spacial score (nSPS) is 11.2. The highest BCUT2D eigenvalue weighted by molar-refractivity contribution is 7.98. The zero-order valence-electron chi connectivity index (χ0n) is 14.1. The van der Waals surface area contributed by atoms with Crippen molar-refractivity contribution in [3.05, 3.63) is 57.5 Å². The Hall–Kier alpha value is -2.65. The van der Waals surface area contributed by atoms with Gasteiger partial charge in [0.15, 0.2) is 10.8 Å². The van der Waals surface area contributed by atoms with Gasteiger partial charge in [-0.3, -0.25) is 14.3 Å². The van der Waals surface area contributed by atoms with E-state index in [0.29, 0.717) is 27.4 Å². The molecule has 3 aromatic heterocycles. The van der Waals surface area contributed by atoms with E-state index >= 15 is 0 Å². The summed E-state index contributed by atoms with van der Waals surface area (Å²) in [5.41, 5.74) is 2.40. The van der Waals surface area contributed by atoms with Gasteiger partial charge in [0.1, 0.15) is 5.75 Å². The summed E-state index contributed by atoms with van der Waals surface area (Å²) in [5, 5.41) is 9.68. The van der Waals surface area contributed by atoms with Gasteiger partial charge in [0.05, 0.1) is 18.4 Å². The molecule has 1 N–H and O–H groups in total. The number of fused-ring (bicyclic) bond motifs is 1. The minimum absolute atomic E-state index is 0.0611. The van der Waals surface area contributed by atoms with Crippen molar-refractivity contribution in [3.8, 4) is 17.1 Å². The molecule has 0 fully saturated rings. The number of nitrogens with zero attached hydrogens (tertiary/aromatic N) is 4. The number of aromatic amines is 1. The van der Waals surface area contributed by atoms with Crippen molar-refractivity contribution >= 4 is 28.1 Å². The number of para-hydroxylation sites is 1. The minimum Gasteiger partial charge on any atom is -0.496 e. The van der Waals surface area contributed by atoms with Gasteiger partial charge in [0.2, 0.25) is 5.16 Å². The molecular weight excluding hydrogens is 370 g/mol. The molecule has 4 aromatic rings. The fourth-order valence-electron chi connectivity index (χ4n) is 2.59. The van der Waals surface area contributed by atoms with Crippen LogP contribution in [0, 0.1) is 6.92 Å². The molecule has 0 bridgehead atoms. The number of aromatic nitrogens is 5. The number of hydrogen-bond acceptors (Lipinski definition) is 7. The van der Waals surface area contributed by atoms with Gasteiger partial charge in [-0.25, -0.2) is 9.97 Å². The van der Waals surface area contributed by atoms with Crippen molar-refractivity contribution in [1.29, 1.82) is 0 Å². The Morgan fingerprint density at radius 2 is 2.15 bits per heavy atom. The second-order valence-corrected chi connectivity index (χ2v) is 7.32. The summed E-state index contributed by atoms with van der Waals surface area (Å²) in [7, 11) is 1.62. The van der Waals surface area contributed by atoms with E-state index in [2.05, 4.69) is 20.2 Å². The van der Waals surface area contributed by atoms with Crippen LogP contribution in [0.15, 0.2) is 45.7 Å². The maximum Gasteiger partial charge on any atom is 0.258 e. The lowest BCUT2D eigenvalue weighted by atomic mass is 10.2. The van der Waals surface area contributed by atoms with Crippen molar-refractivity contribution in [2.75, 3.05) is 7.11 Å². The van der Waals surface area contributed by atoms with Crippen LogP contribution in [0.2, 0.25) is 0 Å². The third-order valence-electron chi connectivity index (χ3n) is 3.80. The summed E-state index contributed by atoms with van der Waals surface area (Å²) in [6.45, 7) is 1.90. The van der Waals surface area contributed by atoms with E-state index in [4.69, 9.17) is 4.74 Å². The molecule has 0 unspecified atom stereocenters. The molecule has 0 aliphatic rings. The fraction of sp³-hybridized carbons (Fsp3) is 0.176. The number of ether oxygens (including phenoxy) is 1. The first-order valence-corrected chi connectivity index (χ1v) is 9.67. The van der Waals surface area contributed by atoms with E-state index in [9.17, 15) is 4.79 Å². The molecule has 0 aliphatic heterocycles. The lowest BCUT2D eigenvalue weighted by Crippen LogP contribution is -2.14. The van der Waals surface area contributed by atoms with Gasteiger partial charge in [-0.2, -0.15) is 0 Å². The molecule has 132 valence electrons. The Balaban J connectivity index is 1.54. The molecule has 0 saturated heterocycles. The second-order valence-electron chi connectivity index (χ2n) is 5.54. The first-order valence-electron chi connectivity index (χ1n) is 7.81. The van der Waals surface area contributed by atoms with Crippen LogP contribution in [-0.4, -0.2) is 31.7 Å². The van der Waals surface area contributed by atoms with Crippen molar-refractivity contribution < 1.29 is 4.74 Å². The van der Waals surface area contributed by atoms with Crippen LogP contribution >= 0.6 is 23.1 Å². The number of thioether (sulfide) groups is 1. The Labute approximate surface area is 157 Å². The van der Waals surface area contributed by atoms with Crippen LogP contribution < -0.4 is 10.3 Å². The Kier molecular flexibility index (Phi) is 4.48. The number of aryl methyl sites for hydroxylation is 1. The summed E-state index contributed by atoms with van der Waals surface area (Å²) in [5.74, 6) is 1.89. The summed E-state index contributed by atoms with van der Waals surface area (Å²) in [4.78, 5) is 22.0. The summed E-state index contributed by atoms with van der Waals surface area (Å²) < 4.78 is 6.97. The predicted molar refractivity (Wildman–Crippen MR) is 102 cm³/mol. The third kappa shape index (κ3) is 3.11. The predicted octanol–water partition coefficient (Wildman–Crippen LogP) is 3.15. The van der Waals surface area contributed by atoms with E-state index < -0.39 is 0 Å². The van der Waals surface area contributed by atoms with E-state index in [1.807, 2.05) is 36.6 Å². The van der Waals surface area contributed by atoms with Crippen LogP contribution in [-0.2, 0) is 5.75 Å². The fourth-order valence-corrected chi connectivity index (χ4v) is 4.17. The molecule has 0 radical (unpaired) electrons. The van der Waals surface area contributed by atoms with Gasteiger partial charge < -0.3 is 4.74 Å². The number of benzene rings is 1. The van der Waals surface area contributed by atoms with Crippen LogP contribution in [0.1, 0.15) is 11.4 Å². The number of rotatable bonds is 5. The van der Waals surface area contributed by atoms with Gasteiger partial charge in [-0.15, -0.1) is 16.4 Å². The number of thiazole rings is 1. The molecule has 4 rings (SSSR count). The molecule has 7 nitrogen and oxygen atoms in total. The monoisotopic (exact) mass is 385 g/mol. The molecule has 0 amide bonds. The highest BCUT2D eigenvalue weighted by Crippen LogP contribution is 2.28. The zero-order chi connectivity index (χ0) is 18.1. The smallest absolute Gasteiger partial charge is 0.258 e. The van der Waals surface area contributed by atoms with Crippen molar-refractivity contribution in [2.45, 2.75) is 17.8 Å². The molecule has 0 atom stereocenters. The molecule has 9 heteroatoms. The average molecular weight is 385 g/mol. The highest BCUT2D eigenvalue weighted by atomic mass is 32.2. The second kappa shape index (κ2) is 6.93. The van der Waals surface area contributed by atoms with Crippen LogP contribution in [0.5, 0.6) is 5.75 Å². The maximum absolute atomic E-state index is 12.2. The SMILES string of the molecule is COc1ccccc1-c1nc(SCc2cc(=O)n3c(C)csc3n2)n[nH]1. The summed E-state index contributed by atoms with van der Waals surface area (Å²) in [6, 6.07) is 9.18. The van der Waals surface area contributed by atoms with Crippen LogP contribution in [0.3, 0.4) is 0 Å². The average Bonchev–Trinajstić information content (AvgIpc) is 3.27. The number of H-pyrrole nitrogens is 1. The van der Waals surface area contributed by atoms with Gasteiger partial charge in [0.25, 0.3) is 5.56 Å². The van der Waals surface area contributed by atoms with E-state index in [1.54, 1.807) is 17.6 Å². The first-order chi connectivity index (χ1) is 12.7. The topological polar surface area (TPSA) is 85.2 Å². The van der Waals surface area contributed by atoms with Gasteiger partial charge >= 0.3 is 0 Å². The van der Waals surface area contributed by atoms with Gasteiger partial charge in [-0.1, -0.05) is 23.9 Å². The standard InChI is InChI=1S/C17H15N5O2S2/c1-10-8-26-17-18-11(7-14(23)22(10)17)9-25-16-19-15(20-21-16)12-5-3-4-6-13(12)24-2/h3-8H,9H2,1-2H3,(H,19,20,21). The molecule has 1 aromatic carbocycles. The quantitative estimate of drug-likeness (QED) is 0.531. The molecule has 3 heterocycles. The highest BCUT2D eigenvalue weighted by Gasteiger charge is 2.12. The van der Waals surface area contributed by atoms with Crippen molar-refractivity contribution in [2.24, 2.45) is 0 Å². The third-order valence-corrected chi connectivity index (χ3v) is 5.63. The summed E-state index contributed by atoms with van der Waals surface area (Å²) >= 11 is 2.89. The molecule has 0 saturated carbocycles. The number of methoxy groups -OCH3 is 1. The molecule has 0 spiro atoms. The van der Waals surface area contributed by atoms with E-state index in [1.165, 1.54) is 23.1 Å².